The van der Waals surface area contributed by atoms with E-state index >= 15 is 0 Å². The highest BCUT2D eigenvalue weighted by atomic mass is 16.5. The van der Waals surface area contributed by atoms with Crippen molar-refractivity contribution < 1.29 is 24.7 Å². The highest BCUT2D eigenvalue weighted by molar-refractivity contribution is 6.61. The molecule has 164 valence electrons. The molecule has 1 atom stereocenters. The number of aromatic nitrogens is 3. The molecule has 0 spiro atoms. The second kappa shape index (κ2) is 8.54. The maximum Gasteiger partial charge on any atom is 0.495 e. The molecule has 11 heteroatoms. The van der Waals surface area contributed by atoms with Gasteiger partial charge in [-0.05, 0) is 19.4 Å². The summed E-state index contributed by atoms with van der Waals surface area (Å²) in [4.78, 5) is 24.5. The number of carboxylic acids is 1. The van der Waals surface area contributed by atoms with Gasteiger partial charge in [-0.2, -0.15) is 0 Å². The lowest BCUT2D eigenvalue weighted by molar-refractivity contribution is 0.0697. The van der Waals surface area contributed by atoms with Crippen molar-refractivity contribution in [3.8, 4) is 0 Å². The van der Waals surface area contributed by atoms with Gasteiger partial charge in [0.15, 0.2) is 0 Å². The first kappa shape index (κ1) is 21.7. The minimum atomic E-state index is -1.15. The number of fused-ring (bicyclic) bond motifs is 1. The second-order valence-corrected chi connectivity index (χ2v) is 7.81. The average Bonchev–Trinajstić information content (AvgIpc) is 3.00. The van der Waals surface area contributed by atoms with Crippen LogP contribution in [-0.2, 0) is 10.3 Å². The van der Waals surface area contributed by atoms with Gasteiger partial charge in [0.05, 0.1) is 29.6 Å². The predicted octanol–water partition coefficient (Wildman–Crippen LogP) is 1.41. The summed E-state index contributed by atoms with van der Waals surface area (Å²) < 4.78 is 5.49. The fourth-order valence-electron chi connectivity index (χ4n) is 3.55. The van der Waals surface area contributed by atoms with E-state index in [2.05, 4.69) is 25.6 Å². The fraction of sp³-hybridized carbons (Fsp3) is 0.238. The van der Waals surface area contributed by atoms with Gasteiger partial charge in [0.25, 0.3) is 0 Å². The largest absolute Gasteiger partial charge is 0.495 e. The number of rotatable bonds is 7. The molecule has 32 heavy (non-hydrogen) atoms. The third-order valence-corrected chi connectivity index (χ3v) is 5.15. The number of carbonyl (C=O) groups is 1. The molecule has 1 aliphatic rings. The van der Waals surface area contributed by atoms with Crippen molar-refractivity contribution in [1.82, 2.24) is 15.0 Å². The number of aromatic carboxylic acids is 1. The molecule has 1 aromatic carbocycles. The third-order valence-electron chi connectivity index (χ3n) is 5.15. The number of aliphatic hydroxyl groups is 1. The highest BCUT2D eigenvalue weighted by Gasteiger charge is 2.42. The molecule has 10 nitrogen and oxygen atoms in total. The monoisotopic (exact) mass is 435 g/mol. The zero-order valence-electron chi connectivity index (χ0n) is 17.5. The predicted molar refractivity (Wildman–Crippen MR) is 118 cm³/mol. The number of nitrogens with zero attached hydrogens (tertiary/aromatic N) is 3. The first-order chi connectivity index (χ1) is 15.3. The zero-order valence-corrected chi connectivity index (χ0v) is 17.5. The number of pyridine rings is 1. The van der Waals surface area contributed by atoms with Crippen molar-refractivity contribution in [3.05, 3.63) is 65.6 Å². The quantitative estimate of drug-likeness (QED) is 0.345. The number of hydrogen-bond donors (Lipinski definition) is 5. The van der Waals surface area contributed by atoms with Crippen LogP contribution in [0.4, 0.5) is 17.5 Å². The summed E-state index contributed by atoms with van der Waals surface area (Å²) in [6.07, 6.45) is 2.70. The molecule has 3 aromatic rings. The molecule has 0 saturated heterocycles. The normalized spacial score (nSPS) is 15.2. The first-order valence-corrected chi connectivity index (χ1v) is 9.94. The Bertz CT molecular complexity index is 1140. The maximum absolute atomic E-state index is 11.7. The molecule has 1 aliphatic heterocycles. The zero-order chi connectivity index (χ0) is 22.9. The lowest BCUT2D eigenvalue weighted by Crippen LogP contribution is -2.29. The van der Waals surface area contributed by atoms with Crippen LogP contribution in [0.15, 0.2) is 48.8 Å². The summed E-state index contributed by atoms with van der Waals surface area (Å²) in [5.41, 5.74) is 1.29. The lowest BCUT2D eigenvalue weighted by Gasteiger charge is -2.20. The van der Waals surface area contributed by atoms with Gasteiger partial charge in [-0.25, -0.2) is 19.7 Å². The van der Waals surface area contributed by atoms with E-state index < -0.39 is 24.7 Å². The van der Waals surface area contributed by atoms with Crippen LogP contribution in [0.25, 0.3) is 0 Å². The molecular weight excluding hydrogens is 413 g/mol. The summed E-state index contributed by atoms with van der Waals surface area (Å²) in [5.74, 6) is -0.629. The summed E-state index contributed by atoms with van der Waals surface area (Å²) in [5, 5.41) is 35.4. The van der Waals surface area contributed by atoms with Crippen molar-refractivity contribution >= 4 is 36.0 Å². The van der Waals surface area contributed by atoms with Crippen LogP contribution in [0.1, 0.15) is 41.5 Å². The van der Waals surface area contributed by atoms with E-state index in [1.165, 1.54) is 18.5 Å². The number of nitrogens with one attached hydrogen (secondary N) is 2. The van der Waals surface area contributed by atoms with Gasteiger partial charge >= 0.3 is 13.1 Å². The van der Waals surface area contributed by atoms with Crippen LogP contribution in [0.5, 0.6) is 0 Å². The summed E-state index contributed by atoms with van der Waals surface area (Å²) >= 11 is 0. The van der Waals surface area contributed by atoms with Crippen LogP contribution in [-0.4, -0.2) is 49.9 Å². The van der Waals surface area contributed by atoms with E-state index in [-0.39, 0.29) is 23.8 Å². The van der Waals surface area contributed by atoms with Gasteiger partial charge < -0.3 is 30.5 Å². The summed E-state index contributed by atoms with van der Waals surface area (Å²) in [7, 11) is -1.09. The van der Waals surface area contributed by atoms with E-state index in [4.69, 9.17) is 4.65 Å². The summed E-state index contributed by atoms with van der Waals surface area (Å²) in [6, 6.07) is 10.2. The van der Waals surface area contributed by atoms with Gasteiger partial charge in [-0.1, -0.05) is 30.3 Å². The Labute approximate surface area is 184 Å². The molecule has 5 N–H and O–H groups in total. The van der Waals surface area contributed by atoms with Gasteiger partial charge in [0, 0.05) is 23.9 Å². The Kier molecular flexibility index (Phi) is 5.79. The van der Waals surface area contributed by atoms with Crippen molar-refractivity contribution in [2.75, 3.05) is 17.2 Å². The highest BCUT2D eigenvalue weighted by Crippen LogP contribution is 2.29. The fourth-order valence-corrected chi connectivity index (χ4v) is 3.55. The third kappa shape index (κ3) is 4.26. The standard InChI is InChI=1S/C21H22BN5O5/c1-21(2)18-14(22(31)32-21)10-24-20(27-18)26-17-8-15(13(9-23-17)19(29)30)25-16(11-28)12-6-4-3-5-7-12/h3-10,16,28,31H,11H2,1-2H3,(H,29,30)(H2,23,24,25,26,27)/t16-/m1/s1. The Balaban J connectivity index is 1.63. The van der Waals surface area contributed by atoms with Gasteiger partial charge in [-0.15, -0.1) is 0 Å². The molecule has 0 amide bonds. The molecule has 0 unspecified atom stereocenters. The minimum absolute atomic E-state index is 0.0440. The van der Waals surface area contributed by atoms with Crippen LogP contribution < -0.4 is 16.1 Å². The van der Waals surface area contributed by atoms with Crippen molar-refractivity contribution in [3.63, 3.8) is 0 Å². The molecule has 0 bridgehead atoms. The lowest BCUT2D eigenvalue weighted by atomic mass is 9.82. The van der Waals surface area contributed by atoms with Crippen LogP contribution >= 0.6 is 0 Å². The Morgan fingerprint density at radius 3 is 2.66 bits per heavy atom. The molecule has 2 aromatic heterocycles. The van der Waals surface area contributed by atoms with Crippen molar-refractivity contribution in [1.29, 1.82) is 0 Å². The molecule has 0 radical (unpaired) electrons. The van der Waals surface area contributed by atoms with E-state index in [0.29, 0.717) is 17.0 Å². The smallest absolute Gasteiger partial charge is 0.478 e. The van der Waals surface area contributed by atoms with E-state index in [9.17, 15) is 20.0 Å². The van der Waals surface area contributed by atoms with Gasteiger partial charge in [-0.3, -0.25) is 0 Å². The second-order valence-electron chi connectivity index (χ2n) is 7.81. The molecule has 0 saturated carbocycles. The topological polar surface area (TPSA) is 150 Å². The van der Waals surface area contributed by atoms with Crippen LogP contribution in [0.2, 0.25) is 0 Å². The SMILES string of the molecule is CC1(C)OB(O)c2cnc(Nc3cc(N[C@H](CO)c4ccccc4)c(C(=O)O)cn3)nc21. The Morgan fingerprint density at radius 2 is 1.97 bits per heavy atom. The molecule has 3 heterocycles. The van der Waals surface area contributed by atoms with E-state index in [1.54, 1.807) is 13.8 Å². The number of benzene rings is 1. The first-order valence-electron chi connectivity index (χ1n) is 9.94. The molecule has 4 rings (SSSR count). The van der Waals surface area contributed by atoms with E-state index in [0.717, 1.165) is 5.56 Å². The Morgan fingerprint density at radius 1 is 1.22 bits per heavy atom. The molecule has 0 aliphatic carbocycles. The van der Waals surface area contributed by atoms with Crippen LogP contribution in [0, 0.1) is 0 Å². The van der Waals surface area contributed by atoms with Crippen molar-refractivity contribution in [2.45, 2.75) is 25.5 Å². The van der Waals surface area contributed by atoms with Crippen molar-refractivity contribution in [2.24, 2.45) is 0 Å². The maximum atomic E-state index is 11.7. The Hall–Kier alpha value is -3.54. The summed E-state index contributed by atoms with van der Waals surface area (Å²) in [6.45, 7) is 3.35. The molecule has 0 fully saturated rings. The van der Waals surface area contributed by atoms with Crippen LogP contribution in [0.3, 0.4) is 0 Å². The minimum Gasteiger partial charge on any atom is -0.478 e. The van der Waals surface area contributed by atoms with E-state index in [1.807, 2.05) is 30.3 Å². The van der Waals surface area contributed by atoms with Gasteiger partial charge in [0.1, 0.15) is 11.4 Å². The molecular formula is C21H22BN5O5. The average molecular weight is 435 g/mol. The number of hydrogen-bond acceptors (Lipinski definition) is 9. The number of carboxylic acid groups (broad SMARTS) is 1. The number of aliphatic hydroxyl groups excluding tert-OH is 1. The van der Waals surface area contributed by atoms with Gasteiger partial charge in [0.2, 0.25) is 5.95 Å². The number of anilines is 3.